The smallest absolute Gasteiger partial charge is 0.189 e. The average molecular weight is 208 g/mol. The van der Waals surface area contributed by atoms with Gasteiger partial charge in [-0.1, -0.05) is 18.0 Å². The SMILES string of the molecule is NC(=NCc1ccon1)NC1CCCC1. The van der Waals surface area contributed by atoms with Gasteiger partial charge in [0.25, 0.3) is 0 Å². The maximum Gasteiger partial charge on any atom is 0.189 e. The van der Waals surface area contributed by atoms with Crippen LogP contribution < -0.4 is 11.1 Å². The summed E-state index contributed by atoms with van der Waals surface area (Å²) in [4.78, 5) is 4.19. The highest BCUT2D eigenvalue weighted by Gasteiger charge is 2.14. The van der Waals surface area contributed by atoms with Crippen LogP contribution in [0.4, 0.5) is 0 Å². The van der Waals surface area contributed by atoms with Crippen LogP contribution in [-0.4, -0.2) is 17.2 Å². The second-order valence-electron chi connectivity index (χ2n) is 3.82. The van der Waals surface area contributed by atoms with Crippen LogP contribution in [0.25, 0.3) is 0 Å². The molecular weight excluding hydrogens is 192 g/mol. The van der Waals surface area contributed by atoms with Gasteiger partial charge in [-0.2, -0.15) is 0 Å². The maximum absolute atomic E-state index is 5.75. The molecular formula is C10H16N4O. The minimum absolute atomic E-state index is 0.474. The first-order valence-corrected chi connectivity index (χ1v) is 5.30. The van der Waals surface area contributed by atoms with Crippen molar-refractivity contribution in [1.82, 2.24) is 10.5 Å². The molecule has 1 aromatic heterocycles. The third kappa shape index (κ3) is 2.97. The summed E-state index contributed by atoms with van der Waals surface area (Å²) in [6.07, 6.45) is 6.49. The molecule has 1 aromatic rings. The van der Waals surface area contributed by atoms with Crippen molar-refractivity contribution in [2.24, 2.45) is 10.7 Å². The number of rotatable bonds is 3. The molecule has 1 saturated carbocycles. The quantitative estimate of drug-likeness (QED) is 0.574. The first kappa shape index (κ1) is 10.0. The molecule has 0 unspecified atom stereocenters. The molecule has 0 amide bonds. The minimum atomic E-state index is 0.474. The van der Waals surface area contributed by atoms with E-state index in [1.54, 1.807) is 6.07 Å². The molecule has 15 heavy (non-hydrogen) atoms. The number of aromatic nitrogens is 1. The van der Waals surface area contributed by atoms with Crippen LogP contribution in [0.1, 0.15) is 31.4 Å². The van der Waals surface area contributed by atoms with Crippen LogP contribution in [0.5, 0.6) is 0 Å². The van der Waals surface area contributed by atoms with Gasteiger partial charge in [-0.05, 0) is 12.8 Å². The Bertz CT molecular complexity index is 314. The predicted molar refractivity (Wildman–Crippen MR) is 57.2 cm³/mol. The minimum Gasteiger partial charge on any atom is -0.370 e. The predicted octanol–water partition coefficient (Wildman–Crippen LogP) is 1.02. The summed E-state index contributed by atoms with van der Waals surface area (Å²) >= 11 is 0. The highest BCUT2D eigenvalue weighted by molar-refractivity contribution is 5.78. The second-order valence-corrected chi connectivity index (χ2v) is 3.82. The summed E-state index contributed by atoms with van der Waals surface area (Å²) in [5.74, 6) is 0.505. The Balaban J connectivity index is 1.79. The van der Waals surface area contributed by atoms with Gasteiger partial charge in [0, 0.05) is 12.1 Å². The maximum atomic E-state index is 5.75. The average Bonchev–Trinajstić information content (AvgIpc) is 2.86. The molecule has 82 valence electrons. The molecule has 0 saturated heterocycles. The van der Waals surface area contributed by atoms with Crippen molar-refractivity contribution in [2.75, 3.05) is 0 Å². The number of aliphatic imine (C=N–C) groups is 1. The van der Waals surface area contributed by atoms with Crippen molar-refractivity contribution in [3.8, 4) is 0 Å². The van der Waals surface area contributed by atoms with Crippen LogP contribution in [0.3, 0.4) is 0 Å². The lowest BCUT2D eigenvalue weighted by Gasteiger charge is -2.11. The first-order chi connectivity index (χ1) is 7.34. The zero-order valence-corrected chi connectivity index (χ0v) is 8.65. The number of guanidine groups is 1. The molecule has 0 radical (unpaired) electrons. The third-order valence-electron chi connectivity index (χ3n) is 2.61. The summed E-state index contributed by atoms with van der Waals surface area (Å²) in [6.45, 7) is 0.474. The van der Waals surface area contributed by atoms with Crippen molar-refractivity contribution in [3.05, 3.63) is 18.0 Å². The summed E-state index contributed by atoms with van der Waals surface area (Å²) in [6, 6.07) is 2.29. The molecule has 1 aliphatic rings. The molecule has 1 aliphatic carbocycles. The number of hydrogen-bond acceptors (Lipinski definition) is 3. The Morgan fingerprint density at radius 2 is 2.40 bits per heavy atom. The fourth-order valence-corrected chi connectivity index (χ4v) is 1.81. The van der Waals surface area contributed by atoms with Gasteiger partial charge in [-0.15, -0.1) is 0 Å². The third-order valence-corrected chi connectivity index (χ3v) is 2.61. The van der Waals surface area contributed by atoms with Gasteiger partial charge in [0.1, 0.15) is 12.0 Å². The second kappa shape index (κ2) is 4.82. The van der Waals surface area contributed by atoms with E-state index in [-0.39, 0.29) is 0 Å². The highest BCUT2D eigenvalue weighted by Crippen LogP contribution is 2.17. The Hall–Kier alpha value is -1.52. The van der Waals surface area contributed by atoms with Crippen molar-refractivity contribution < 1.29 is 4.52 Å². The van der Waals surface area contributed by atoms with Crippen molar-refractivity contribution in [3.63, 3.8) is 0 Å². The van der Waals surface area contributed by atoms with E-state index in [2.05, 4.69) is 15.5 Å². The highest BCUT2D eigenvalue weighted by atomic mass is 16.5. The number of nitrogens with zero attached hydrogens (tertiary/aromatic N) is 2. The monoisotopic (exact) mass is 208 g/mol. The summed E-state index contributed by atoms with van der Waals surface area (Å²) < 4.78 is 4.70. The molecule has 1 heterocycles. The normalized spacial score (nSPS) is 18.3. The molecule has 1 fully saturated rings. The summed E-state index contributed by atoms with van der Waals surface area (Å²) in [5.41, 5.74) is 6.55. The molecule has 2 rings (SSSR count). The van der Waals surface area contributed by atoms with Crippen LogP contribution in [0.2, 0.25) is 0 Å². The zero-order chi connectivity index (χ0) is 10.5. The van der Waals surface area contributed by atoms with E-state index in [4.69, 9.17) is 10.3 Å². The van der Waals surface area contributed by atoms with Gasteiger partial charge in [0.2, 0.25) is 0 Å². The van der Waals surface area contributed by atoms with Crippen molar-refractivity contribution >= 4 is 5.96 Å². The van der Waals surface area contributed by atoms with Gasteiger partial charge in [0.15, 0.2) is 5.96 Å². The fraction of sp³-hybridized carbons (Fsp3) is 0.600. The van der Waals surface area contributed by atoms with E-state index in [1.807, 2.05) is 0 Å². The number of nitrogens with two attached hydrogens (primary N) is 1. The van der Waals surface area contributed by atoms with E-state index < -0.39 is 0 Å². The van der Waals surface area contributed by atoms with Gasteiger partial charge in [-0.25, -0.2) is 4.99 Å². The van der Waals surface area contributed by atoms with E-state index in [1.165, 1.54) is 31.9 Å². The van der Waals surface area contributed by atoms with E-state index in [0.29, 0.717) is 18.5 Å². The van der Waals surface area contributed by atoms with Crippen molar-refractivity contribution in [2.45, 2.75) is 38.3 Å². The van der Waals surface area contributed by atoms with Crippen LogP contribution >= 0.6 is 0 Å². The summed E-state index contributed by atoms with van der Waals surface area (Å²) in [5, 5.41) is 6.97. The molecule has 5 nitrogen and oxygen atoms in total. The van der Waals surface area contributed by atoms with Gasteiger partial charge < -0.3 is 15.6 Å². The molecule has 3 N–H and O–H groups in total. The largest absolute Gasteiger partial charge is 0.370 e. The van der Waals surface area contributed by atoms with Gasteiger partial charge in [-0.3, -0.25) is 0 Å². The Morgan fingerprint density at radius 3 is 3.07 bits per heavy atom. The lowest BCUT2D eigenvalue weighted by atomic mass is 10.2. The molecule has 0 aromatic carbocycles. The Labute approximate surface area is 88.7 Å². The van der Waals surface area contributed by atoms with Gasteiger partial charge >= 0.3 is 0 Å². The Kier molecular flexibility index (Phi) is 3.22. The first-order valence-electron chi connectivity index (χ1n) is 5.30. The lowest BCUT2D eigenvalue weighted by molar-refractivity contribution is 0.412. The van der Waals surface area contributed by atoms with E-state index >= 15 is 0 Å². The molecule has 0 spiro atoms. The van der Waals surface area contributed by atoms with Crippen LogP contribution in [0.15, 0.2) is 21.8 Å². The summed E-state index contributed by atoms with van der Waals surface area (Å²) in [7, 11) is 0. The van der Waals surface area contributed by atoms with Gasteiger partial charge in [0.05, 0.1) is 6.54 Å². The topological polar surface area (TPSA) is 76.4 Å². The fourth-order valence-electron chi connectivity index (χ4n) is 1.81. The van der Waals surface area contributed by atoms with Crippen LogP contribution in [-0.2, 0) is 6.54 Å². The standard InChI is InChI=1S/C10H16N4O/c11-10(13-8-3-1-2-4-8)12-7-9-5-6-15-14-9/h5-6,8H,1-4,7H2,(H3,11,12,13). The number of nitrogens with one attached hydrogen (secondary N) is 1. The Morgan fingerprint density at radius 1 is 1.60 bits per heavy atom. The molecule has 0 atom stereocenters. The van der Waals surface area contributed by atoms with Crippen molar-refractivity contribution in [1.29, 1.82) is 0 Å². The number of hydrogen-bond donors (Lipinski definition) is 2. The lowest BCUT2D eigenvalue weighted by Crippen LogP contribution is -2.38. The molecule has 0 aliphatic heterocycles. The molecule has 0 bridgehead atoms. The van der Waals surface area contributed by atoms with E-state index in [9.17, 15) is 0 Å². The van der Waals surface area contributed by atoms with E-state index in [0.717, 1.165) is 5.69 Å². The van der Waals surface area contributed by atoms with Crippen LogP contribution in [0, 0.1) is 0 Å². The zero-order valence-electron chi connectivity index (χ0n) is 8.65. The molecule has 5 heteroatoms.